The standard InChI is InChI=1S/C12H13N3O4S/c16-6-8-5-14(3-4-19-8)9-1-2-10-11(13-7-20-10)12(9)15(17)18/h1-2,7-8,16H,3-6H2. The smallest absolute Gasteiger partial charge is 0.319 e. The summed E-state index contributed by atoms with van der Waals surface area (Å²) in [4.78, 5) is 17.0. The summed E-state index contributed by atoms with van der Waals surface area (Å²) in [7, 11) is 0. The molecule has 8 heteroatoms. The number of fused-ring (bicyclic) bond motifs is 1. The van der Waals surface area contributed by atoms with Crippen LogP contribution in [0.25, 0.3) is 10.2 Å². The van der Waals surface area contributed by atoms with Gasteiger partial charge < -0.3 is 14.7 Å². The molecule has 1 aromatic carbocycles. The monoisotopic (exact) mass is 295 g/mol. The van der Waals surface area contributed by atoms with Crippen LogP contribution in [-0.4, -0.2) is 47.4 Å². The minimum Gasteiger partial charge on any atom is -0.394 e. The van der Waals surface area contributed by atoms with E-state index in [9.17, 15) is 15.2 Å². The van der Waals surface area contributed by atoms with Crippen molar-refractivity contribution in [1.82, 2.24) is 4.98 Å². The first-order valence-electron chi connectivity index (χ1n) is 6.18. The second kappa shape index (κ2) is 5.31. The summed E-state index contributed by atoms with van der Waals surface area (Å²) < 4.78 is 6.18. The van der Waals surface area contributed by atoms with Gasteiger partial charge in [-0.3, -0.25) is 10.1 Å². The van der Waals surface area contributed by atoms with Gasteiger partial charge in [0.1, 0.15) is 5.69 Å². The first-order chi connectivity index (χ1) is 9.70. The molecule has 7 nitrogen and oxygen atoms in total. The number of ether oxygens (including phenoxy) is 1. The Balaban J connectivity index is 2.06. The first-order valence-corrected chi connectivity index (χ1v) is 7.06. The lowest BCUT2D eigenvalue weighted by Gasteiger charge is -2.33. The van der Waals surface area contributed by atoms with Crippen LogP contribution in [0.15, 0.2) is 17.6 Å². The Hall–Kier alpha value is -1.77. The molecule has 0 amide bonds. The predicted octanol–water partition coefficient (Wildman–Crippen LogP) is 1.40. The summed E-state index contributed by atoms with van der Waals surface area (Å²) in [6.07, 6.45) is -0.311. The van der Waals surface area contributed by atoms with E-state index in [2.05, 4.69) is 4.98 Å². The Bertz CT molecular complexity index is 645. The predicted molar refractivity (Wildman–Crippen MR) is 75.3 cm³/mol. The van der Waals surface area contributed by atoms with Gasteiger partial charge >= 0.3 is 5.69 Å². The number of anilines is 1. The Kier molecular flexibility index (Phi) is 3.51. The average Bonchev–Trinajstić information content (AvgIpc) is 2.94. The number of hydrogen-bond acceptors (Lipinski definition) is 7. The minimum absolute atomic E-state index is 0.0299. The van der Waals surface area contributed by atoms with Crippen molar-refractivity contribution in [1.29, 1.82) is 0 Å². The molecule has 1 aromatic heterocycles. The minimum atomic E-state index is -0.388. The van der Waals surface area contributed by atoms with Crippen LogP contribution in [0.3, 0.4) is 0 Å². The number of nitro groups is 1. The summed E-state index contributed by atoms with van der Waals surface area (Å²) >= 11 is 1.38. The molecule has 2 heterocycles. The molecule has 1 atom stereocenters. The Morgan fingerprint density at radius 1 is 1.60 bits per heavy atom. The molecule has 1 N–H and O–H groups in total. The second-order valence-electron chi connectivity index (χ2n) is 4.51. The molecule has 1 fully saturated rings. The molecule has 0 aliphatic carbocycles. The highest BCUT2D eigenvalue weighted by Gasteiger charge is 2.28. The van der Waals surface area contributed by atoms with Gasteiger partial charge in [0, 0.05) is 13.1 Å². The van der Waals surface area contributed by atoms with Crippen molar-refractivity contribution in [3.63, 3.8) is 0 Å². The van der Waals surface area contributed by atoms with Crippen molar-refractivity contribution < 1.29 is 14.8 Å². The lowest BCUT2D eigenvalue weighted by atomic mass is 10.2. The largest absolute Gasteiger partial charge is 0.394 e. The van der Waals surface area contributed by atoms with Crippen LogP contribution in [0.4, 0.5) is 11.4 Å². The van der Waals surface area contributed by atoms with Crippen LogP contribution in [0, 0.1) is 10.1 Å². The van der Waals surface area contributed by atoms with Crippen LogP contribution in [0.2, 0.25) is 0 Å². The van der Waals surface area contributed by atoms with Gasteiger partial charge in [-0.2, -0.15) is 0 Å². The van der Waals surface area contributed by atoms with E-state index in [-0.39, 0.29) is 23.3 Å². The van der Waals surface area contributed by atoms with Gasteiger partial charge in [0.25, 0.3) is 0 Å². The molecule has 0 saturated carbocycles. The van der Waals surface area contributed by atoms with Crippen molar-refractivity contribution in [2.75, 3.05) is 31.2 Å². The number of morpholine rings is 1. The third-order valence-electron chi connectivity index (χ3n) is 3.32. The van der Waals surface area contributed by atoms with E-state index < -0.39 is 0 Å². The molecular formula is C12H13N3O4S. The van der Waals surface area contributed by atoms with Gasteiger partial charge in [-0.05, 0) is 12.1 Å². The maximum atomic E-state index is 11.4. The summed E-state index contributed by atoms with van der Waals surface area (Å²) in [6, 6.07) is 3.59. The van der Waals surface area contributed by atoms with E-state index >= 15 is 0 Å². The fourth-order valence-electron chi connectivity index (χ4n) is 2.39. The Labute approximate surface area is 118 Å². The van der Waals surface area contributed by atoms with Crippen LogP contribution in [0.5, 0.6) is 0 Å². The molecule has 20 heavy (non-hydrogen) atoms. The fraction of sp³-hybridized carbons (Fsp3) is 0.417. The van der Waals surface area contributed by atoms with E-state index in [1.165, 1.54) is 11.3 Å². The van der Waals surface area contributed by atoms with E-state index in [1.807, 2.05) is 11.0 Å². The molecular weight excluding hydrogens is 282 g/mol. The molecule has 3 rings (SSSR count). The molecule has 1 saturated heterocycles. The van der Waals surface area contributed by atoms with Crippen LogP contribution >= 0.6 is 11.3 Å². The Morgan fingerprint density at radius 3 is 3.20 bits per heavy atom. The number of rotatable bonds is 3. The number of thiazole rings is 1. The van der Waals surface area contributed by atoms with Gasteiger partial charge in [0.2, 0.25) is 0 Å². The van der Waals surface area contributed by atoms with Crippen molar-refractivity contribution in [2.45, 2.75) is 6.10 Å². The summed E-state index contributed by atoms with van der Waals surface area (Å²) in [5, 5.41) is 20.6. The third kappa shape index (κ3) is 2.21. The number of aliphatic hydroxyl groups excluding tert-OH is 1. The number of aliphatic hydroxyl groups is 1. The quantitative estimate of drug-likeness (QED) is 0.680. The first kappa shape index (κ1) is 13.2. The second-order valence-corrected chi connectivity index (χ2v) is 5.40. The highest BCUT2D eigenvalue weighted by Crippen LogP contribution is 2.37. The van der Waals surface area contributed by atoms with Gasteiger partial charge in [-0.15, -0.1) is 11.3 Å². The fourth-order valence-corrected chi connectivity index (χ4v) is 3.07. The zero-order valence-electron chi connectivity index (χ0n) is 10.6. The van der Waals surface area contributed by atoms with Crippen molar-refractivity contribution in [3.8, 4) is 0 Å². The molecule has 0 bridgehead atoms. The number of benzene rings is 1. The highest BCUT2D eigenvalue weighted by molar-refractivity contribution is 7.16. The van der Waals surface area contributed by atoms with Gasteiger partial charge in [0.05, 0.1) is 34.5 Å². The molecule has 1 unspecified atom stereocenters. The van der Waals surface area contributed by atoms with Gasteiger partial charge in [-0.25, -0.2) is 4.98 Å². The molecule has 106 valence electrons. The van der Waals surface area contributed by atoms with Crippen LogP contribution in [-0.2, 0) is 4.74 Å². The van der Waals surface area contributed by atoms with E-state index in [0.717, 1.165) is 4.70 Å². The molecule has 1 aliphatic heterocycles. The number of nitro benzene ring substituents is 1. The molecule has 2 aromatic rings. The van der Waals surface area contributed by atoms with E-state index in [0.29, 0.717) is 30.9 Å². The normalized spacial score (nSPS) is 19.4. The van der Waals surface area contributed by atoms with Gasteiger partial charge in [0.15, 0.2) is 5.52 Å². The van der Waals surface area contributed by atoms with Crippen molar-refractivity contribution in [2.24, 2.45) is 0 Å². The summed E-state index contributed by atoms with van der Waals surface area (Å²) in [5.41, 5.74) is 2.60. The SMILES string of the molecule is O=[N+]([O-])c1c(N2CCOC(CO)C2)ccc2scnc12. The summed E-state index contributed by atoms with van der Waals surface area (Å²) in [6.45, 7) is 1.35. The lowest BCUT2D eigenvalue weighted by molar-refractivity contribution is -0.382. The zero-order chi connectivity index (χ0) is 14.1. The van der Waals surface area contributed by atoms with E-state index in [4.69, 9.17) is 4.74 Å². The maximum absolute atomic E-state index is 11.4. The third-order valence-corrected chi connectivity index (χ3v) is 4.11. The summed E-state index contributed by atoms with van der Waals surface area (Å²) in [5.74, 6) is 0. The van der Waals surface area contributed by atoms with E-state index in [1.54, 1.807) is 11.6 Å². The molecule has 0 radical (unpaired) electrons. The van der Waals surface area contributed by atoms with Crippen LogP contribution < -0.4 is 4.90 Å². The maximum Gasteiger partial charge on any atom is 0.319 e. The number of hydrogen-bond donors (Lipinski definition) is 1. The highest BCUT2D eigenvalue weighted by atomic mass is 32.1. The topological polar surface area (TPSA) is 88.7 Å². The molecule has 1 aliphatic rings. The van der Waals surface area contributed by atoms with Crippen LogP contribution in [0.1, 0.15) is 0 Å². The van der Waals surface area contributed by atoms with Crippen molar-refractivity contribution in [3.05, 3.63) is 27.8 Å². The van der Waals surface area contributed by atoms with Gasteiger partial charge in [-0.1, -0.05) is 0 Å². The Morgan fingerprint density at radius 2 is 2.45 bits per heavy atom. The molecule has 0 spiro atoms. The lowest BCUT2D eigenvalue weighted by Crippen LogP contribution is -2.44. The zero-order valence-corrected chi connectivity index (χ0v) is 11.4. The number of aromatic nitrogens is 1. The average molecular weight is 295 g/mol. The number of nitrogens with zero attached hydrogens (tertiary/aromatic N) is 3. The van der Waals surface area contributed by atoms with Crippen molar-refractivity contribution >= 4 is 32.9 Å².